The fraction of sp³-hybridized carbons (Fsp3) is 0.111. The number of pyridine rings is 1. The molecule has 0 atom stereocenters. The van der Waals surface area contributed by atoms with E-state index in [1.165, 1.54) is 13.3 Å². The Morgan fingerprint density at radius 3 is 2.40 bits per heavy atom. The Morgan fingerprint density at radius 1 is 1.00 bits per heavy atom. The van der Waals surface area contributed by atoms with Gasteiger partial charge in [-0.2, -0.15) is 0 Å². The second-order valence-corrected chi connectivity index (χ2v) is 5.26. The van der Waals surface area contributed by atoms with Gasteiger partial charge in [0, 0.05) is 42.2 Å². The van der Waals surface area contributed by atoms with Crippen LogP contribution in [0.2, 0.25) is 0 Å². The van der Waals surface area contributed by atoms with Crippen LogP contribution in [0.5, 0.6) is 5.88 Å². The molecular weight excluding hydrogens is 318 g/mol. The van der Waals surface area contributed by atoms with Crippen molar-refractivity contribution in [2.24, 2.45) is 0 Å². The van der Waals surface area contributed by atoms with Crippen LogP contribution in [-0.4, -0.2) is 28.0 Å². The summed E-state index contributed by atoms with van der Waals surface area (Å²) >= 11 is 0. The molecular formula is C18H17N5O2. The number of methoxy groups -OCH3 is 1. The van der Waals surface area contributed by atoms with Gasteiger partial charge < -0.3 is 15.4 Å². The average molecular weight is 335 g/mol. The Morgan fingerprint density at radius 2 is 1.76 bits per heavy atom. The molecule has 0 saturated heterocycles. The molecule has 7 nitrogen and oxygen atoms in total. The van der Waals surface area contributed by atoms with Crippen molar-refractivity contribution in [3.8, 4) is 17.1 Å². The van der Waals surface area contributed by atoms with Gasteiger partial charge in [-0.05, 0) is 30.3 Å². The van der Waals surface area contributed by atoms with Crippen LogP contribution in [0.3, 0.4) is 0 Å². The number of aromatic nitrogens is 3. The molecule has 2 heterocycles. The molecule has 3 rings (SSSR count). The monoisotopic (exact) mass is 335 g/mol. The molecule has 25 heavy (non-hydrogen) atoms. The molecule has 0 aliphatic carbocycles. The first kappa shape index (κ1) is 16.4. The van der Waals surface area contributed by atoms with Crippen molar-refractivity contribution in [2.75, 3.05) is 17.7 Å². The maximum Gasteiger partial charge on any atom is 0.221 e. The molecule has 0 aliphatic rings. The first-order valence-corrected chi connectivity index (χ1v) is 7.61. The number of nitrogens with one attached hydrogen (secondary N) is 2. The van der Waals surface area contributed by atoms with Crippen molar-refractivity contribution < 1.29 is 9.53 Å². The Hall–Kier alpha value is -3.48. The minimum atomic E-state index is -0.103. The summed E-state index contributed by atoms with van der Waals surface area (Å²) in [5.41, 5.74) is 3.21. The number of amides is 1. The molecule has 1 amide bonds. The predicted molar refractivity (Wildman–Crippen MR) is 95.8 cm³/mol. The summed E-state index contributed by atoms with van der Waals surface area (Å²) in [5.74, 6) is 1.11. The number of carbonyl (C=O) groups excluding carboxylic acids is 1. The Kier molecular flexibility index (Phi) is 4.84. The first-order chi connectivity index (χ1) is 12.1. The number of ether oxygens (including phenoxy) is 1. The van der Waals surface area contributed by atoms with Crippen molar-refractivity contribution in [2.45, 2.75) is 6.92 Å². The van der Waals surface area contributed by atoms with Crippen LogP contribution >= 0.6 is 0 Å². The number of nitrogens with zero attached hydrogens (tertiary/aromatic N) is 3. The minimum Gasteiger partial charge on any atom is -0.481 e. The lowest BCUT2D eigenvalue weighted by molar-refractivity contribution is -0.114. The lowest BCUT2D eigenvalue weighted by atomic mass is 10.2. The second kappa shape index (κ2) is 7.39. The van der Waals surface area contributed by atoms with Crippen LogP contribution in [0.25, 0.3) is 11.3 Å². The zero-order valence-electron chi connectivity index (χ0n) is 13.9. The van der Waals surface area contributed by atoms with Crippen LogP contribution in [0.1, 0.15) is 6.92 Å². The minimum absolute atomic E-state index is 0.103. The van der Waals surface area contributed by atoms with Gasteiger partial charge in [0.1, 0.15) is 12.1 Å². The molecule has 2 aromatic heterocycles. The molecule has 126 valence electrons. The van der Waals surface area contributed by atoms with Crippen LogP contribution in [0, 0.1) is 0 Å². The van der Waals surface area contributed by atoms with E-state index in [1.807, 2.05) is 36.4 Å². The maximum absolute atomic E-state index is 11.0. The summed E-state index contributed by atoms with van der Waals surface area (Å²) < 4.78 is 5.06. The van der Waals surface area contributed by atoms with E-state index in [2.05, 4.69) is 25.6 Å². The van der Waals surface area contributed by atoms with E-state index >= 15 is 0 Å². The highest BCUT2D eigenvalue weighted by molar-refractivity contribution is 5.88. The van der Waals surface area contributed by atoms with Gasteiger partial charge in [-0.25, -0.2) is 15.0 Å². The van der Waals surface area contributed by atoms with Crippen molar-refractivity contribution in [1.29, 1.82) is 0 Å². The number of carbonyl (C=O) groups is 1. The van der Waals surface area contributed by atoms with Gasteiger partial charge in [0.2, 0.25) is 11.8 Å². The highest BCUT2D eigenvalue weighted by Crippen LogP contribution is 2.22. The Bertz CT molecular complexity index is 863. The Balaban J connectivity index is 1.76. The quantitative estimate of drug-likeness (QED) is 0.744. The first-order valence-electron chi connectivity index (χ1n) is 7.61. The molecule has 7 heteroatoms. The smallest absolute Gasteiger partial charge is 0.221 e. The summed E-state index contributed by atoms with van der Waals surface area (Å²) in [6, 6.07) is 12.9. The average Bonchev–Trinajstić information content (AvgIpc) is 2.63. The predicted octanol–water partition coefficient (Wildman–Crippen LogP) is 3.25. The Labute approximate surface area is 145 Å². The highest BCUT2D eigenvalue weighted by atomic mass is 16.5. The summed E-state index contributed by atoms with van der Waals surface area (Å²) in [6.07, 6.45) is 3.20. The maximum atomic E-state index is 11.0. The molecule has 0 saturated carbocycles. The number of anilines is 3. The second-order valence-electron chi connectivity index (χ2n) is 5.26. The van der Waals surface area contributed by atoms with Crippen LogP contribution < -0.4 is 15.4 Å². The number of hydrogen-bond acceptors (Lipinski definition) is 6. The SMILES string of the molecule is COc1ccc(-c2cc(Nc3ccc(NC(C)=O)cc3)ncn2)cn1. The van der Waals surface area contributed by atoms with Crippen LogP contribution in [0.15, 0.2) is 55.0 Å². The molecule has 0 bridgehead atoms. The molecule has 0 spiro atoms. The summed E-state index contributed by atoms with van der Waals surface area (Å²) in [4.78, 5) is 23.7. The van der Waals surface area contributed by atoms with Gasteiger partial charge in [0.05, 0.1) is 12.8 Å². The lowest BCUT2D eigenvalue weighted by Gasteiger charge is -2.08. The highest BCUT2D eigenvalue weighted by Gasteiger charge is 2.04. The van der Waals surface area contributed by atoms with Gasteiger partial charge in [-0.1, -0.05) is 0 Å². The standard InChI is InChI=1S/C18H17N5O2/c1-12(24)22-14-4-6-15(7-5-14)23-17-9-16(20-11-21-17)13-3-8-18(25-2)19-10-13/h3-11H,1-2H3,(H,22,24)(H,20,21,23). The molecule has 0 unspecified atom stereocenters. The van der Waals surface area contributed by atoms with E-state index in [0.717, 1.165) is 22.6 Å². The fourth-order valence-electron chi connectivity index (χ4n) is 2.22. The zero-order chi connectivity index (χ0) is 17.6. The molecule has 0 radical (unpaired) electrons. The zero-order valence-corrected chi connectivity index (χ0v) is 13.9. The molecule has 0 fully saturated rings. The van der Waals surface area contributed by atoms with Gasteiger partial charge in [-0.15, -0.1) is 0 Å². The summed E-state index contributed by atoms with van der Waals surface area (Å²) in [6.45, 7) is 1.47. The van der Waals surface area contributed by atoms with Crippen molar-refractivity contribution in [3.63, 3.8) is 0 Å². The van der Waals surface area contributed by atoms with Crippen LogP contribution in [-0.2, 0) is 4.79 Å². The van der Waals surface area contributed by atoms with E-state index in [-0.39, 0.29) is 5.91 Å². The van der Waals surface area contributed by atoms with Gasteiger partial charge in [-0.3, -0.25) is 4.79 Å². The molecule has 0 aliphatic heterocycles. The van der Waals surface area contributed by atoms with Gasteiger partial charge in [0.25, 0.3) is 0 Å². The number of benzene rings is 1. The third kappa shape index (κ3) is 4.29. The van der Waals surface area contributed by atoms with E-state index in [0.29, 0.717) is 11.7 Å². The van der Waals surface area contributed by atoms with E-state index in [1.54, 1.807) is 19.4 Å². The molecule has 3 aromatic rings. The number of hydrogen-bond donors (Lipinski definition) is 2. The van der Waals surface area contributed by atoms with E-state index < -0.39 is 0 Å². The van der Waals surface area contributed by atoms with Crippen molar-refractivity contribution >= 4 is 23.1 Å². The van der Waals surface area contributed by atoms with E-state index in [4.69, 9.17) is 4.74 Å². The summed E-state index contributed by atoms with van der Waals surface area (Å²) in [5, 5.41) is 5.93. The van der Waals surface area contributed by atoms with E-state index in [9.17, 15) is 4.79 Å². The third-order valence-corrected chi connectivity index (χ3v) is 3.39. The molecule has 1 aromatic carbocycles. The van der Waals surface area contributed by atoms with Crippen molar-refractivity contribution in [1.82, 2.24) is 15.0 Å². The van der Waals surface area contributed by atoms with Gasteiger partial charge in [0.15, 0.2) is 0 Å². The normalized spacial score (nSPS) is 10.2. The molecule has 2 N–H and O–H groups in total. The largest absolute Gasteiger partial charge is 0.481 e. The van der Waals surface area contributed by atoms with Gasteiger partial charge >= 0.3 is 0 Å². The van der Waals surface area contributed by atoms with Crippen LogP contribution in [0.4, 0.5) is 17.2 Å². The summed E-state index contributed by atoms with van der Waals surface area (Å²) in [7, 11) is 1.58. The third-order valence-electron chi connectivity index (χ3n) is 3.39. The fourth-order valence-corrected chi connectivity index (χ4v) is 2.22. The number of rotatable bonds is 5. The van der Waals surface area contributed by atoms with Crippen molar-refractivity contribution in [3.05, 3.63) is 55.0 Å². The lowest BCUT2D eigenvalue weighted by Crippen LogP contribution is -2.05. The topological polar surface area (TPSA) is 89.0 Å².